The van der Waals surface area contributed by atoms with E-state index in [1.807, 2.05) is 11.4 Å². The van der Waals surface area contributed by atoms with Gasteiger partial charge in [0.05, 0.1) is 11.3 Å². The van der Waals surface area contributed by atoms with E-state index in [4.69, 9.17) is 10.4 Å². The molecule has 0 fully saturated rings. The molecule has 17 heteroatoms. The Morgan fingerprint density at radius 2 is 2.03 bits per heavy atom. The van der Waals surface area contributed by atoms with E-state index in [0.717, 1.165) is 19.2 Å². The fraction of sp³-hybridized carbons (Fsp3) is 0.333. The van der Waals surface area contributed by atoms with Gasteiger partial charge in [-0.1, -0.05) is 0 Å². The second-order valence-corrected chi connectivity index (χ2v) is 10.6. The number of aliphatic imine (C=N–C) groups is 1. The Morgan fingerprint density at radius 1 is 1.34 bits per heavy atom. The summed E-state index contributed by atoms with van der Waals surface area (Å²) >= 11 is 0. The van der Waals surface area contributed by atoms with E-state index in [-0.39, 0.29) is 17.1 Å². The molecule has 2 aromatic heterocycles. The minimum atomic E-state index is -4.82. The number of alkyl halides is 3. The maximum atomic E-state index is 15.0. The molecule has 1 aliphatic heterocycles. The van der Waals surface area contributed by atoms with Crippen LogP contribution in [-0.4, -0.2) is 67.1 Å². The predicted molar refractivity (Wildman–Crippen MR) is 126 cm³/mol. The Kier molecular flexibility index (Phi) is 7.58. The smallest absolute Gasteiger partial charge is 0.411 e. The number of aryl methyl sites for hydroxylation is 1. The zero-order valence-electron chi connectivity index (χ0n) is 20.0. The summed E-state index contributed by atoms with van der Waals surface area (Å²) in [7, 11) is -2.98. The third-order valence-corrected chi connectivity index (χ3v) is 7.73. The van der Waals surface area contributed by atoms with E-state index in [0.29, 0.717) is 9.87 Å². The average Bonchev–Trinajstić information content (AvgIpc) is 2.81. The van der Waals surface area contributed by atoms with Crippen molar-refractivity contribution in [3.63, 3.8) is 0 Å². The molecule has 3 heterocycles. The Bertz CT molecular complexity index is 1500. The lowest BCUT2D eigenvalue weighted by atomic mass is 10.00. The number of carboxylic acid groups (broad SMARTS) is 1. The van der Waals surface area contributed by atoms with Gasteiger partial charge in [0.15, 0.2) is 0 Å². The number of guanidine groups is 1. The molecule has 202 valence electrons. The third-order valence-electron chi connectivity index (χ3n) is 5.23. The van der Waals surface area contributed by atoms with Crippen LogP contribution in [0, 0.1) is 24.1 Å². The number of hydrogen-bond acceptors (Lipinski definition) is 8. The van der Waals surface area contributed by atoms with Crippen molar-refractivity contribution in [2.45, 2.75) is 25.6 Å². The van der Waals surface area contributed by atoms with Gasteiger partial charge in [0, 0.05) is 13.2 Å². The van der Waals surface area contributed by atoms with Gasteiger partial charge in [-0.3, -0.25) is 14.4 Å². The van der Waals surface area contributed by atoms with Crippen molar-refractivity contribution in [1.29, 1.82) is 5.26 Å². The molecule has 38 heavy (non-hydrogen) atoms. The molecule has 2 aromatic rings. The predicted octanol–water partition coefficient (Wildman–Crippen LogP) is 2.78. The van der Waals surface area contributed by atoms with Crippen molar-refractivity contribution in [3.8, 4) is 6.07 Å². The molecule has 0 bridgehead atoms. The molecule has 1 aliphatic rings. The zero-order chi connectivity index (χ0) is 28.5. The summed E-state index contributed by atoms with van der Waals surface area (Å²) in [6.45, 7) is 0.920. The molecule has 3 N–H and O–H groups in total. The second-order valence-electron chi connectivity index (χ2n) is 8.27. The fourth-order valence-electron chi connectivity index (χ4n) is 3.50. The summed E-state index contributed by atoms with van der Waals surface area (Å²) in [5.74, 6) is -3.41. The molecule has 2 amide bonds. The lowest BCUT2D eigenvalue weighted by molar-refractivity contribution is -0.117. The summed E-state index contributed by atoms with van der Waals surface area (Å²) < 4.78 is 71.0. The van der Waals surface area contributed by atoms with Crippen LogP contribution in [0.15, 0.2) is 33.8 Å². The second kappa shape index (κ2) is 10.2. The van der Waals surface area contributed by atoms with Gasteiger partial charge in [-0.05, 0) is 37.6 Å². The molecule has 0 aromatic carbocycles. The van der Waals surface area contributed by atoms with Crippen LogP contribution < -0.4 is 10.6 Å². The number of pyridine rings is 2. The molecule has 0 spiro atoms. The number of carbonyl (C=O) groups is 2. The topological polar surface area (TPSA) is 173 Å². The summed E-state index contributed by atoms with van der Waals surface area (Å²) in [6, 6.07) is 5.30. The molecule has 12 nitrogen and oxygen atoms in total. The van der Waals surface area contributed by atoms with Crippen molar-refractivity contribution in [3.05, 3.63) is 52.7 Å². The van der Waals surface area contributed by atoms with Crippen molar-refractivity contribution in [2.75, 3.05) is 24.7 Å². The molecule has 0 radical (unpaired) electrons. The lowest BCUT2D eigenvalue weighted by Gasteiger charge is -2.37. The SMILES string of the molecule is Cc1cc(C#N)cnc1C(=O)Nc1ccc(F)c([C@]2(C)C[S@@](=O)(=NCC(F)(F)F)N(C)C(NC(=O)O)=N2)n1. The number of nitriles is 1. The fourth-order valence-corrected chi connectivity index (χ4v) is 5.60. The van der Waals surface area contributed by atoms with E-state index in [2.05, 4.69) is 24.6 Å². The lowest BCUT2D eigenvalue weighted by Crippen LogP contribution is -2.53. The van der Waals surface area contributed by atoms with E-state index in [1.165, 1.54) is 19.2 Å². The van der Waals surface area contributed by atoms with Crippen LogP contribution in [0.25, 0.3) is 0 Å². The quantitative estimate of drug-likeness (QED) is 0.486. The summed E-state index contributed by atoms with van der Waals surface area (Å²) in [4.78, 5) is 36.0. The van der Waals surface area contributed by atoms with Crippen LogP contribution in [0.2, 0.25) is 0 Å². The van der Waals surface area contributed by atoms with Gasteiger partial charge in [0.2, 0.25) is 5.96 Å². The highest BCUT2D eigenvalue weighted by atomic mass is 32.2. The molecule has 2 atom stereocenters. The van der Waals surface area contributed by atoms with Crippen LogP contribution in [0.4, 0.5) is 28.2 Å². The number of nitrogens with one attached hydrogen (secondary N) is 2. The Hall–Kier alpha value is -4.33. The number of amides is 2. The molecular weight excluding hydrogens is 536 g/mol. The summed E-state index contributed by atoms with van der Waals surface area (Å²) in [5, 5.41) is 22.3. The van der Waals surface area contributed by atoms with E-state index in [9.17, 15) is 31.4 Å². The first-order valence-electron chi connectivity index (χ1n) is 10.5. The summed E-state index contributed by atoms with van der Waals surface area (Å²) in [6.07, 6.45) is -5.31. The maximum absolute atomic E-state index is 15.0. The first-order valence-corrected chi connectivity index (χ1v) is 12.2. The van der Waals surface area contributed by atoms with Crippen LogP contribution in [0.3, 0.4) is 0 Å². The molecule has 3 rings (SSSR count). The summed E-state index contributed by atoms with van der Waals surface area (Å²) in [5.41, 5.74) is -1.97. The van der Waals surface area contributed by atoms with Gasteiger partial charge in [-0.2, -0.15) is 18.4 Å². The number of rotatable bonds is 4. The molecule has 0 saturated heterocycles. The Labute approximate surface area is 213 Å². The third kappa shape index (κ3) is 6.14. The molecule has 0 saturated carbocycles. The van der Waals surface area contributed by atoms with Crippen LogP contribution in [0.1, 0.15) is 34.2 Å². The van der Waals surface area contributed by atoms with Gasteiger partial charge < -0.3 is 10.4 Å². The minimum Gasteiger partial charge on any atom is -0.465 e. The zero-order valence-corrected chi connectivity index (χ0v) is 20.8. The van der Waals surface area contributed by atoms with Crippen molar-refractivity contribution in [1.82, 2.24) is 19.6 Å². The highest BCUT2D eigenvalue weighted by Gasteiger charge is 2.44. The number of hydrogen-bond donors (Lipinski definition) is 3. The first-order chi connectivity index (χ1) is 17.6. The van der Waals surface area contributed by atoms with E-state index < -0.39 is 63.4 Å². The van der Waals surface area contributed by atoms with Gasteiger partial charge in [-0.15, -0.1) is 0 Å². The van der Waals surface area contributed by atoms with E-state index in [1.54, 1.807) is 6.92 Å². The number of carbonyl (C=O) groups excluding carboxylic acids is 1. The number of nitrogens with zero attached hydrogens (tertiary/aromatic N) is 6. The van der Waals surface area contributed by atoms with Crippen molar-refractivity contribution in [2.24, 2.45) is 9.36 Å². The van der Waals surface area contributed by atoms with Crippen LogP contribution >= 0.6 is 0 Å². The average molecular weight is 557 g/mol. The van der Waals surface area contributed by atoms with Gasteiger partial charge in [0.25, 0.3) is 5.91 Å². The van der Waals surface area contributed by atoms with Crippen molar-refractivity contribution < 1.29 is 36.5 Å². The number of aromatic nitrogens is 2. The Morgan fingerprint density at radius 3 is 2.61 bits per heavy atom. The van der Waals surface area contributed by atoms with Crippen LogP contribution in [-0.2, 0) is 15.5 Å². The molecular formula is C21H20F4N8O4S. The largest absolute Gasteiger partial charge is 0.465 e. The molecule has 0 unspecified atom stereocenters. The highest BCUT2D eigenvalue weighted by Crippen LogP contribution is 2.34. The normalized spacial score (nSPS) is 21.2. The molecule has 0 aliphatic carbocycles. The number of halogens is 4. The maximum Gasteiger partial charge on any atom is 0.411 e. The van der Waals surface area contributed by atoms with Gasteiger partial charge in [0.1, 0.15) is 51.1 Å². The monoisotopic (exact) mass is 556 g/mol. The Balaban J connectivity index is 2.06. The van der Waals surface area contributed by atoms with Crippen LogP contribution in [0.5, 0.6) is 0 Å². The minimum absolute atomic E-state index is 0.0536. The standard InChI is InChI=1S/C21H20F4N8O4S/c1-11-6-12(7-26)8-27-15(11)17(34)30-14-5-4-13(22)16(29-14)20(2)10-38(37,28-9-21(23,24)25)33(3)18(32-20)31-19(35)36/h4-6,8H,9-10H2,1-3H3,(H,31,32)(H,35,36)(H,29,30,34)/t20-,38+/m0/s1. The van der Waals surface area contributed by atoms with Crippen molar-refractivity contribution >= 4 is 33.7 Å². The van der Waals surface area contributed by atoms with E-state index >= 15 is 0 Å². The van der Waals surface area contributed by atoms with Gasteiger partial charge in [-0.25, -0.2) is 32.7 Å². The number of anilines is 1. The van der Waals surface area contributed by atoms with Gasteiger partial charge >= 0.3 is 12.3 Å². The first kappa shape index (κ1) is 28.2. The highest BCUT2D eigenvalue weighted by molar-refractivity contribution is 7.92.